The van der Waals surface area contributed by atoms with Crippen molar-refractivity contribution in [1.29, 1.82) is 5.41 Å². The molecular weight excluding hydrogens is 206 g/mol. The number of amides is 2. The van der Waals surface area contributed by atoms with Crippen molar-refractivity contribution in [1.82, 2.24) is 9.80 Å². The zero-order valence-electron chi connectivity index (χ0n) is 8.13. The summed E-state index contributed by atoms with van der Waals surface area (Å²) >= 11 is 0. The molecule has 0 saturated carbocycles. The SMILES string of the molecule is CN(C)C(=N)N=C(N)N(C(=O)O)C(=O)O. The van der Waals surface area contributed by atoms with Gasteiger partial charge in [0.1, 0.15) is 0 Å². The van der Waals surface area contributed by atoms with Crippen LogP contribution >= 0.6 is 0 Å². The van der Waals surface area contributed by atoms with Crippen molar-refractivity contribution in [3.8, 4) is 0 Å². The lowest BCUT2D eigenvalue weighted by Gasteiger charge is -2.14. The number of carboxylic acid groups (broad SMARTS) is 2. The average molecular weight is 217 g/mol. The summed E-state index contributed by atoms with van der Waals surface area (Å²) in [6.45, 7) is 0. The van der Waals surface area contributed by atoms with E-state index in [2.05, 4.69) is 4.99 Å². The summed E-state index contributed by atoms with van der Waals surface area (Å²) in [5, 5.41) is 24.1. The van der Waals surface area contributed by atoms with E-state index >= 15 is 0 Å². The Kier molecular flexibility index (Phi) is 4.05. The van der Waals surface area contributed by atoms with Gasteiger partial charge in [-0.3, -0.25) is 5.41 Å². The van der Waals surface area contributed by atoms with Gasteiger partial charge >= 0.3 is 12.2 Å². The van der Waals surface area contributed by atoms with Crippen LogP contribution in [0.1, 0.15) is 0 Å². The van der Waals surface area contributed by atoms with Crippen LogP contribution in [0.3, 0.4) is 0 Å². The summed E-state index contributed by atoms with van der Waals surface area (Å²) < 4.78 is 0. The van der Waals surface area contributed by atoms with E-state index in [0.29, 0.717) is 0 Å². The van der Waals surface area contributed by atoms with Crippen LogP contribution in [0.25, 0.3) is 0 Å². The van der Waals surface area contributed by atoms with Crippen LogP contribution in [-0.2, 0) is 0 Å². The third kappa shape index (κ3) is 3.50. The van der Waals surface area contributed by atoms with Gasteiger partial charge in [0.15, 0.2) is 0 Å². The summed E-state index contributed by atoms with van der Waals surface area (Å²) in [4.78, 5) is 25.2. The van der Waals surface area contributed by atoms with Crippen molar-refractivity contribution in [2.45, 2.75) is 0 Å². The van der Waals surface area contributed by atoms with Crippen molar-refractivity contribution < 1.29 is 19.8 Å². The van der Waals surface area contributed by atoms with E-state index in [1.165, 1.54) is 19.0 Å². The molecule has 0 aromatic carbocycles. The molecule has 5 N–H and O–H groups in total. The van der Waals surface area contributed by atoms with Gasteiger partial charge in [-0.05, 0) is 0 Å². The first kappa shape index (κ1) is 12.7. The van der Waals surface area contributed by atoms with Gasteiger partial charge in [0.2, 0.25) is 11.9 Å². The summed E-state index contributed by atoms with van der Waals surface area (Å²) in [6.07, 6.45) is -3.56. The normalized spacial score (nSPS) is 10.7. The predicted octanol–water partition coefficient (Wildman–Crippen LogP) is -0.545. The van der Waals surface area contributed by atoms with Gasteiger partial charge in [-0.2, -0.15) is 4.99 Å². The van der Waals surface area contributed by atoms with E-state index in [9.17, 15) is 9.59 Å². The highest BCUT2D eigenvalue weighted by Gasteiger charge is 2.24. The molecular formula is C6H11N5O4. The number of hydrogen-bond donors (Lipinski definition) is 4. The molecule has 0 atom stereocenters. The van der Waals surface area contributed by atoms with Gasteiger partial charge in [-0.25, -0.2) is 9.59 Å². The average Bonchev–Trinajstić information content (AvgIpc) is 2.01. The van der Waals surface area contributed by atoms with E-state index in [0.717, 1.165) is 0 Å². The number of guanidine groups is 2. The minimum Gasteiger partial charge on any atom is -0.464 e. The van der Waals surface area contributed by atoms with E-state index in [4.69, 9.17) is 21.4 Å². The highest BCUT2D eigenvalue weighted by Crippen LogP contribution is 1.92. The van der Waals surface area contributed by atoms with Crippen LogP contribution < -0.4 is 5.73 Å². The maximum Gasteiger partial charge on any atom is 0.424 e. The number of imide groups is 1. The van der Waals surface area contributed by atoms with Crippen molar-refractivity contribution in [2.75, 3.05) is 14.1 Å². The molecule has 0 bridgehead atoms. The molecule has 0 aliphatic carbocycles. The standard InChI is InChI=1S/C6H11N5O4/c1-10(2)3(7)9-4(8)11(5(12)13)6(14)15/h1-2H3,(H,12,13)(H,14,15)(H3,7,8,9). The van der Waals surface area contributed by atoms with Crippen LogP contribution in [0.15, 0.2) is 4.99 Å². The Morgan fingerprint density at radius 2 is 1.67 bits per heavy atom. The molecule has 0 radical (unpaired) electrons. The molecule has 0 aromatic rings. The number of rotatable bonds is 0. The van der Waals surface area contributed by atoms with E-state index in [1.54, 1.807) is 0 Å². The van der Waals surface area contributed by atoms with Crippen molar-refractivity contribution >= 4 is 24.1 Å². The van der Waals surface area contributed by atoms with Gasteiger partial charge < -0.3 is 20.8 Å². The number of carbonyl (C=O) groups is 2. The van der Waals surface area contributed by atoms with Crippen LogP contribution in [0.5, 0.6) is 0 Å². The van der Waals surface area contributed by atoms with Gasteiger partial charge in [0.05, 0.1) is 0 Å². The van der Waals surface area contributed by atoms with Crippen molar-refractivity contribution in [3.63, 3.8) is 0 Å². The molecule has 2 amide bonds. The summed E-state index contributed by atoms with van der Waals surface area (Å²) in [6, 6.07) is 0. The number of aliphatic imine (C=N–C) groups is 1. The molecule has 0 aliphatic heterocycles. The minimum atomic E-state index is -1.78. The molecule has 0 heterocycles. The minimum absolute atomic E-state index is 0.183. The molecule has 0 spiro atoms. The maximum absolute atomic E-state index is 10.4. The largest absolute Gasteiger partial charge is 0.464 e. The fraction of sp³-hybridized carbons (Fsp3) is 0.333. The second kappa shape index (κ2) is 4.79. The summed E-state index contributed by atoms with van der Waals surface area (Å²) in [5.74, 6) is -1.16. The second-order valence-corrected chi connectivity index (χ2v) is 2.59. The van der Waals surface area contributed by atoms with Crippen molar-refractivity contribution in [2.24, 2.45) is 10.7 Å². The van der Waals surface area contributed by atoms with Crippen molar-refractivity contribution in [3.05, 3.63) is 0 Å². The van der Waals surface area contributed by atoms with E-state index < -0.39 is 18.1 Å². The lowest BCUT2D eigenvalue weighted by Crippen LogP contribution is -2.45. The third-order valence-corrected chi connectivity index (χ3v) is 1.26. The first-order chi connectivity index (χ1) is 6.77. The zero-order valence-corrected chi connectivity index (χ0v) is 8.13. The molecule has 9 heteroatoms. The molecule has 9 nitrogen and oxygen atoms in total. The quantitative estimate of drug-likeness (QED) is 0.316. The molecule has 0 saturated heterocycles. The topological polar surface area (TPSA) is 143 Å². The van der Waals surface area contributed by atoms with Gasteiger partial charge in [-0.1, -0.05) is 0 Å². The Morgan fingerprint density at radius 3 is 1.93 bits per heavy atom. The number of nitrogens with one attached hydrogen (secondary N) is 1. The fourth-order valence-electron chi connectivity index (χ4n) is 0.536. The van der Waals surface area contributed by atoms with Gasteiger partial charge in [0.25, 0.3) is 0 Å². The molecule has 0 aliphatic rings. The highest BCUT2D eigenvalue weighted by molar-refractivity contribution is 6.08. The fourth-order valence-corrected chi connectivity index (χ4v) is 0.536. The Labute approximate surface area is 84.9 Å². The van der Waals surface area contributed by atoms with Crippen LogP contribution in [0.2, 0.25) is 0 Å². The highest BCUT2D eigenvalue weighted by atomic mass is 16.4. The molecule has 84 valence electrons. The van der Waals surface area contributed by atoms with Crippen LogP contribution in [0.4, 0.5) is 9.59 Å². The van der Waals surface area contributed by atoms with E-state index in [-0.39, 0.29) is 10.9 Å². The van der Waals surface area contributed by atoms with Gasteiger partial charge in [0, 0.05) is 14.1 Å². The lowest BCUT2D eigenvalue weighted by atomic mass is 10.7. The number of hydrogen-bond acceptors (Lipinski definition) is 3. The molecule has 0 fully saturated rings. The number of nitrogens with zero attached hydrogens (tertiary/aromatic N) is 3. The molecule has 0 aromatic heterocycles. The third-order valence-electron chi connectivity index (χ3n) is 1.26. The first-order valence-corrected chi connectivity index (χ1v) is 3.63. The van der Waals surface area contributed by atoms with Crippen LogP contribution in [0, 0.1) is 5.41 Å². The monoisotopic (exact) mass is 217 g/mol. The Bertz CT molecular complexity index is 309. The lowest BCUT2D eigenvalue weighted by molar-refractivity contribution is 0.145. The smallest absolute Gasteiger partial charge is 0.424 e. The summed E-state index contributed by atoms with van der Waals surface area (Å²) in [5.41, 5.74) is 5.11. The summed E-state index contributed by atoms with van der Waals surface area (Å²) in [7, 11) is 2.95. The number of nitrogens with two attached hydrogens (primary N) is 1. The first-order valence-electron chi connectivity index (χ1n) is 3.63. The second-order valence-electron chi connectivity index (χ2n) is 2.59. The Hall–Kier alpha value is -2.32. The van der Waals surface area contributed by atoms with E-state index in [1.807, 2.05) is 0 Å². The predicted molar refractivity (Wildman–Crippen MR) is 50.9 cm³/mol. The molecule has 15 heavy (non-hydrogen) atoms. The molecule has 0 unspecified atom stereocenters. The molecule has 0 rings (SSSR count). The zero-order chi connectivity index (χ0) is 12.2. The Balaban J connectivity index is 4.94. The maximum atomic E-state index is 10.4. The Morgan fingerprint density at radius 1 is 1.27 bits per heavy atom. The van der Waals surface area contributed by atoms with Crippen LogP contribution in [-0.4, -0.2) is 58.2 Å². The van der Waals surface area contributed by atoms with Gasteiger partial charge in [-0.15, -0.1) is 4.90 Å².